The van der Waals surface area contributed by atoms with Gasteiger partial charge in [0.2, 0.25) is 6.29 Å². The minimum atomic E-state index is -1.84. The SMILES string of the molecule is COc1ccc(C=CC(=O)c2c(O)cccc2O[C@@H]2O[C@H](CO)[C@@H](O[C@H]3O[C@H](CO)[C@@H](O)[C@H](O)[C@H]3O)[C@H](O)[C@H]2O)cc1. The monoisotopic (exact) mass is 594 g/mol. The molecule has 2 aromatic rings. The van der Waals surface area contributed by atoms with Crippen LogP contribution in [0, 0.1) is 0 Å². The van der Waals surface area contributed by atoms with Gasteiger partial charge in [0.25, 0.3) is 0 Å². The van der Waals surface area contributed by atoms with Crippen molar-refractivity contribution >= 4 is 11.9 Å². The fourth-order valence-corrected chi connectivity index (χ4v) is 4.61. The molecule has 0 aromatic heterocycles. The first-order valence-electron chi connectivity index (χ1n) is 13.0. The molecule has 2 aliphatic heterocycles. The summed E-state index contributed by atoms with van der Waals surface area (Å²) in [5.41, 5.74) is 0.417. The summed E-state index contributed by atoms with van der Waals surface area (Å²) >= 11 is 0. The minimum Gasteiger partial charge on any atom is -0.507 e. The molecule has 0 aliphatic carbocycles. The van der Waals surface area contributed by atoms with Gasteiger partial charge in [0.15, 0.2) is 12.1 Å². The van der Waals surface area contributed by atoms with Crippen LogP contribution in [0.1, 0.15) is 15.9 Å². The number of ketones is 1. The van der Waals surface area contributed by atoms with Crippen molar-refractivity contribution in [3.8, 4) is 17.2 Å². The third-order valence-electron chi connectivity index (χ3n) is 7.00. The zero-order chi connectivity index (χ0) is 30.6. The van der Waals surface area contributed by atoms with Crippen LogP contribution in [-0.2, 0) is 14.2 Å². The first kappa shape index (κ1) is 31.8. The van der Waals surface area contributed by atoms with Gasteiger partial charge in [0.1, 0.15) is 71.6 Å². The van der Waals surface area contributed by atoms with E-state index in [0.29, 0.717) is 11.3 Å². The van der Waals surface area contributed by atoms with Crippen LogP contribution in [0.4, 0.5) is 0 Å². The van der Waals surface area contributed by atoms with Gasteiger partial charge in [-0.1, -0.05) is 24.3 Å². The fraction of sp³-hybridized carbons (Fsp3) is 0.464. The van der Waals surface area contributed by atoms with E-state index in [4.69, 9.17) is 23.7 Å². The molecule has 10 atom stereocenters. The van der Waals surface area contributed by atoms with Crippen LogP contribution in [-0.4, -0.2) is 128 Å². The smallest absolute Gasteiger partial charge is 0.229 e. The van der Waals surface area contributed by atoms with Crippen LogP contribution < -0.4 is 9.47 Å². The van der Waals surface area contributed by atoms with Gasteiger partial charge in [-0.2, -0.15) is 0 Å². The molecule has 0 spiro atoms. The van der Waals surface area contributed by atoms with Crippen molar-refractivity contribution in [3.63, 3.8) is 0 Å². The Balaban J connectivity index is 1.50. The van der Waals surface area contributed by atoms with Gasteiger partial charge in [0.05, 0.1) is 20.3 Å². The maximum Gasteiger partial charge on any atom is 0.229 e. The van der Waals surface area contributed by atoms with Crippen LogP contribution in [0.3, 0.4) is 0 Å². The van der Waals surface area contributed by atoms with Crippen molar-refractivity contribution in [1.29, 1.82) is 0 Å². The van der Waals surface area contributed by atoms with Gasteiger partial charge in [-0.25, -0.2) is 0 Å². The summed E-state index contributed by atoms with van der Waals surface area (Å²) < 4.78 is 27.2. The molecule has 0 bridgehead atoms. The maximum absolute atomic E-state index is 13.0. The number of benzene rings is 2. The van der Waals surface area contributed by atoms with E-state index in [9.17, 15) is 45.6 Å². The normalized spacial score (nSPS) is 33.4. The Morgan fingerprint density at radius 1 is 0.833 bits per heavy atom. The molecule has 0 radical (unpaired) electrons. The van der Waals surface area contributed by atoms with Crippen LogP contribution in [0.15, 0.2) is 48.5 Å². The first-order chi connectivity index (χ1) is 20.1. The van der Waals surface area contributed by atoms with Gasteiger partial charge < -0.3 is 64.5 Å². The van der Waals surface area contributed by atoms with E-state index >= 15 is 0 Å². The number of aliphatic hydroxyl groups is 7. The molecule has 2 aromatic carbocycles. The van der Waals surface area contributed by atoms with E-state index in [0.717, 1.165) is 0 Å². The van der Waals surface area contributed by atoms with Gasteiger partial charge in [-0.3, -0.25) is 4.79 Å². The summed E-state index contributed by atoms with van der Waals surface area (Å²) in [5.74, 6) is -0.636. The third kappa shape index (κ3) is 6.74. The van der Waals surface area contributed by atoms with Crippen molar-refractivity contribution in [2.24, 2.45) is 0 Å². The number of rotatable bonds is 10. The number of phenols is 1. The lowest BCUT2D eigenvalue weighted by Gasteiger charge is -2.45. The molecule has 0 saturated carbocycles. The quantitative estimate of drug-likeness (QED) is 0.113. The van der Waals surface area contributed by atoms with Gasteiger partial charge in [-0.15, -0.1) is 0 Å². The highest BCUT2D eigenvalue weighted by Gasteiger charge is 2.51. The van der Waals surface area contributed by atoms with E-state index in [1.807, 2.05) is 0 Å². The van der Waals surface area contributed by atoms with Crippen molar-refractivity contribution in [2.75, 3.05) is 20.3 Å². The van der Waals surface area contributed by atoms with Crippen molar-refractivity contribution in [1.82, 2.24) is 0 Å². The summed E-state index contributed by atoms with van der Waals surface area (Å²) in [5, 5.41) is 81.7. The number of carbonyl (C=O) groups is 1. The topological polar surface area (TPSA) is 225 Å². The number of hydrogen-bond acceptors (Lipinski definition) is 14. The molecule has 2 aliphatic rings. The summed E-state index contributed by atoms with van der Waals surface area (Å²) in [6.45, 7) is -1.50. The molecule has 8 N–H and O–H groups in total. The van der Waals surface area contributed by atoms with Gasteiger partial charge >= 0.3 is 0 Å². The van der Waals surface area contributed by atoms with Crippen molar-refractivity contribution in [3.05, 3.63) is 59.7 Å². The molecule has 4 rings (SSSR count). The second kappa shape index (κ2) is 13.9. The lowest BCUT2D eigenvalue weighted by molar-refractivity contribution is -0.352. The van der Waals surface area contributed by atoms with Crippen LogP contribution in [0.2, 0.25) is 0 Å². The average molecular weight is 595 g/mol. The highest BCUT2D eigenvalue weighted by molar-refractivity contribution is 6.10. The average Bonchev–Trinajstić information content (AvgIpc) is 2.99. The Morgan fingerprint density at radius 2 is 1.48 bits per heavy atom. The Kier molecular flexibility index (Phi) is 10.5. The molecule has 0 amide bonds. The number of allylic oxidation sites excluding steroid dienone is 1. The number of aliphatic hydroxyl groups excluding tert-OH is 7. The maximum atomic E-state index is 13.0. The van der Waals surface area contributed by atoms with Crippen molar-refractivity contribution in [2.45, 2.75) is 61.4 Å². The fourth-order valence-electron chi connectivity index (χ4n) is 4.61. The number of methoxy groups -OCH3 is 1. The summed E-state index contributed by atoms with van der Waals surface area (Å²) in [6, 6.07) is 10.8. The number of ether oxygens (including phenoxy) is 5. The van der Waals surface area contributed by atoms with E-state index in [-0.39, 0.29) is 11.3 Å². The Morgan fingerprint density at radius 3 is 2.12 bits per heavy atom. The molecule has 14 nitrogen and oxygen atoms in total. The standard InChI is InChI=1S/C28H34O14/c1-38-14-8-5-13(6-9-14)7-10-16(32)20-15(31)3-2-4-17(20)39-27-25(37)23(35)26(19(12-30)41-27)42-28-24(36)22(34)21(33)18(11-29)40-28/h2-10,18-19,21-31,33-37H,11-12H2,1H3/t18-,19-,21-,22+,23-,24-,25-,26-,27-,28-/m1/s1. The first-order valence-corrected chi connectivity index (χ1v) is 13.0. The third-order valence-corrected chi connectivity index (χ3v) is 7.00. The summed E-state index contributed by atoms with van der Waals surface area (Å²) in [6.07, 6.45) is -13.7. The second-order valence-corrected chi connectivity index (χ2v) is 9.74. The minimum absolute atomic E-state index is 0.194. The molecular formula is C28H34O14. The van der Waals surface area contributed by atoms with E-state index < -0.39 is 86.2 Å². The highest BCUT2D eigenvalue weighted by atomic mass is 16.7. The highest BCUT2D eigenvalue weighted by Crippen LogP contribution is 2.34. The number of aromatic hydroxyl groups is 1. The molecule has 0 unspecified atom stereocenters. The predicted octanol–water partition coefficient (Wildman–Crippen LogP) is -1.70. The zero-order valence-corrected chi connectivity index (χ0v) is 22.4. The lowest BCUT2D eigenvalue weighted by Crippen LogP contribution is -2.65. The molecule has 2 heterocycles. The number of carbonyl (C=O) groups excluding carboxylic acids is 1. The van der Waals surface area contributed by atoms with E-state index in [1.165, 1.54) is 37.5 Å². The summed E-state index contributed by atoms with van der Waals surface area (Å²) in [4.78, 5) is 13.0. The zero-order valence-electron chi connectivity index (χ0n) is 22.4. The van der Waals surface area contributed by atoms with Gasteiger partial charge in [-0.05, 0) is 35.9 Å². The number of hydrogen-bond donors (Lipinski definition) is 8. The molecule has 230 valence electrons. The molecule has 2 saturated heterocycles. The second-order valence-electron chi connectivity index (χ2n) is 9.74. The molecule has 14 heteroatoms. The Bertz CT molecular complexity index is 1220. The van der Waals surface area contributed by atoms with Crippen molar-refractivity contribution < 1.29 is 69.3 Å². The Hall–Kier alpha value is -3.15. The van der Waals surface area contributed by atoms with Crippen LogP contribution in [0.25, 0.3) is 6.08 Å². The van der Waals surface area contributed by atoms with Crippen LogP contribution >= 0.6 is 0 Å². The van der Waals surface area contributed by atoms with Gasteiger partial charge in [0, 0.05) is 0 Å². The van der Waals surface area contributed by atoms with E-state index in [1.54, 1.807) is 24.3 Å². The molecule has 42 heavy (non-hydrogen) atoms. The van der Waals surface area contributed by atoms with E-state index in [2.05, 4.69) is 0 Å². The van der Waals surface area contributed by atoms with Crippen LogP contribution in [0.5, 0.6) is 17.2 Å². The number of phenolic OH excluding ortho intramolecular Hbond substituents is 1. The Labute approximate surface area is 240 Å². The lowest BCUT2D eigenvalue weighted by atomic mass is 9.97. The predicted molar refractivity (Wildman–Crippen MR) is 141 cm³/mol. The summed E-state index contributed by atoms with van der Waals surface area (Å²) in [7, 11) is 1.52. The molecular weight excluding hydrogens is 560 g/mol. The largest absolute Gasteiger partial charge is 0.507 e. The molecule has 2 fully saturated rings.